The number of rotatable bonds is 3. The first-order valence-electron chi connectivity index (χ1n) is 9.40. The van der Waals surface area contributed by atoms with Gasteiger partial charge in [-0.2, -0.15) is 0 Å². The molecule has 2 aromatic carbocycles. The first kappa shape index (κ1) is 18.7. The highest BCUT2D eigenvalue weighted by atomic mass is 16.3. The number of nitrogens with one attached hydrogen (secondary N) is 1. The highest BCUT2D eigenvalue weighted by molar-refractivity contribution is 5.97. The zero-order valence-corrected chi connectivity index (χ0v) is 16.2. The number of phenolic OH excluding ortho intramolecular Hbond substituents is 1. The number of hydrogen-bond donors (Lipinski definition) is 2. The molecule has 4 rings (SSSR count). The van der Waals surface area contributed by atoms with Crippen LogP contribution in [0.3, 0.4) is 0 Å². The Labute approximate surface area is 158 Å². The van der Waals surface area contributed by atoms with Crippen LogP contribution < -0.4 is 10.3 Å². The summed E-state index contributed by atoms with van der Waals surface area (Å²) in [5.41, 5.74) is 3.28. The Balaban J connectivity index is 0.00000102. The molecule has 0 fully saturated rings. The van der Waals surface area contributed by atoms with E-state index in [-0.39, 0.29) is 5.75 Å². The first-order valence-corrected chi connectivity index (χ1v) is 9.40. The van der Waals surface area contributed by atoms with E-state index in [9.17, 15) is 5.11 Å². The minimum atomic E-state index is 0.141. The molecule has 1 heterocycles. The maximum Gasteiger partial charge on any atom is 0.155 e. The van der Waals surface area contributed by atoms with Crippen LogP contribution in [0.15, 0.2) is 46.9 Å². The monoisotopic (exact) mass is 363 g/mol. The van der Waals surface area contributed by atoms with Crippen LogP contribution in [-0.2, 0) is 0 Å². The smallest absolute Gasteiger partial charge is 0.155 e. The molecule has 0 bridgehead atoms. The van der Waals surface area contributed by atoms with Crippen molar-refractivity contribution in [2.24, 2.45) is 0 Å². The molecule has 0 saturated heterocycles. The largest absolute Gasteiger partial charge is 0.508 e. The summed E-state index contributed by atoms with van der Waals surface area (Å²) in [6.45, 7) is 10.1. The number of aromatic nitrogens is 1. The molecule has 0 amide bonds. The topological polar surface area (TPSA) is 73.3 Å². The Morgan fingerprint density at radius 3 is 2.44 bits per heavy atom. The number of aromatic hydroxyl groups is 1. The van der Waals surface area contributed by atoms with E-state index >= 15 is 0 Å². The third-order valence-corrected chi connectivity index (χ3v) is 4.58. The Hall–Kier alpha value is -3.08. The summed E-state index contributed by atoms with van der Waals surface area (Å²) < 4.78 is 6.07. The van der Waals surface area contributed by atoms with Gasteiger partial charge >= 0.3 is 0 Å². The molecular formula is C22H25N3O2. The third kappa shape index (κ3) is 3.33. The average molecular weight is 363 g/mol. The summed E-state index contributed by atoms with van der Waals surface area (Å²) in [5, 5.41) is 19.7. The number of nitrogens with zero attached hydrogens (tertiary/aromatic N) is 2. The molecule has 1 aliphatic carbocycles. The van der Waals surface area contributed by atoms with Gasteiger partial charge in [-0.3, -0.25) is 0 Å². The maximum absolute atomic E-state index is 9.70. The minimum absolute atomic E-state index is 0.141. The Kier molecular flexibility index (Phi) is 5.31. The summed E-state index contributed by atoms with van der Waals surface area (Å²) in [7, 11) is 0. The molecule has 0 saturated carbocycles. The molecule has 0 radical (unpaired) electrons. The van der Waals surface area contributed by atoms with Gasteiger partial charge in [-0.1, -0.05) is 13.8 Å². The summed E-state index contributed by atoms with van der Waals surface area (Å²) in [6.07, 6.45) is 0. The Morgan fingerprint density at radius 2 is 1.74 bits per heavy atom. The van der Waals surface area contributed by atoms with Gasteiger partial charge in [0.25, 0.3) is 0 Å². The Bertz CT molecular complexity index is 1110. The fourth-order valence-electron chi connectivity index (χ4n) is 3.27. The molecule has 0 unspecified atom stereocenters. The zero-order valence-electron chi connectivity index (χ0n) is 16.2. The van der Waals surface area contributed by atoms with Crippen molar-refractivity contribution in [1.29, 1.82) is 5.41 Å². The maximum atomic E-state index is 9.70. The van der Waals surface area contributed by atoms with Crippen molar-refractivity contribution < 1.29 is 9.52 Å². The van der Waals surface area contributed by atoms with Crippen molar-refractivity contribution in [3.8, 4) is 17.2 Å². The van der Waals surface area contributed by atoms with Gasteiger partial charge in [0.15, 0.2) is 11.3 Å². The van der Waals surface area contributed by atoms with Gasteiger partial charge in [0.1, 0.15) is 17.0 Å². The second-order valence-corrected chi connectivity index (χ2v) is 6.04. The van der Waals surface area contributed by atoms with E-state index in [1.54, 1.807) is 24.3 Å². The zero-order chi connectivity index (χ0) is 19.6. The summed E-state index contributed by atoms with van der Waals surface area (Å²) >= 11 is 0. The lowest BCUT2D eigenvalue weighted by Gasteiger charge is -2.21. The van der Waals surface area contributed by atoms with Crippen LogP contribution in [0.5, 0.6) is 5.75 Å². The van der Waals surface area contributed by atoms with Gasteiger partial charge < -0.3 is 19.8 Å². The van der Waals surface area contributed by atoms with Crippen molar-refractivity contribution in [2.75, 3.05) is 18.0 Å². The van der Waals surface area contributed by atoms with Crippen molar-refractivity contribution in [1.82, 2.24) is 4.98 Å². The molecule has 1 aliphatic heterocycles. The SMILES string of the molecule is CC.CCN(CC)c1ccc2nc3c4ccc(O)cc4c(=N)cc-3oc2c1. The second kappa shape index (κ2) is 7.66. The fraction of sp³-hybridized carbons (Fsp3) is 0.273. The summed E-state index contributed by atoms with van der Waals surface area (Å²) in [4.78, 5) is 7.00. The van der Waals surface area contributed by atoms with Crippen molar-refractivity contribution in [3.05, 3.63) is 47.8 Å². The molecule has 0 aromatic heterocycles. The van der Waals surface area contributed by atoms with Gasteiger partial charge in [-0.25, -0.2) is 4.98 Å². The van der Waals surface area contributed by atoms with Gasteiger partial charge in [-0.15, -0.1) is 0 Å². The molecule has 27 heavy (non-hydrogen) atoms. The number of hydrogen-bond acceptors (Lipinski definition) is 5. The van der Waals surface area contributed by atoms with E-state index in [1.807, 2.05) is 26.0 Å². The van der Waals surface area contributed by atoms with Gasteiger partial charge in [0.05, 0.1) is 5.36 Å². The lowest BCUT2D eigenvalue weighted by atomic mass is 10.0. The van der Waals surface area contributed by atoms with E-state index in [0.717, 1.165) is 29.7 Å². The quantitative estimate of drug-likeness (QED) is 0.390. The lowest BCUT2D eigenvalue weighted by Crippen LogP contribution is -2.21. The van der Waals surface area contributed by atoms with Crippen LogP contribution in [0.2, 0.25) is 0 Å². The van der Waals surface area contributed by atoms with Crippen LogP contribution >= 0.6 is 0 Å². The van der Waals surface area contributed by atoms with E-state index in [4.69, 9.17) is 14.8 Å². The normalized spacial score (nSPS) is 10.8. The molecule has 0 spiro atoms. The molecule has 2 aromatic rings. The van der Waals surface area contributed by atoms with Gasteiger partial charge in [-0.05, 0) is 44.2 Å². The van der Waals surface area contributed by atoms with Crippen LogP contribution in [-0.4, -0.2) is 23.2 Å². The molecule has 140 valence electrons. The molecule has 5 nitrogen and oxygen atoms in total. The highest BCUT2D eigenvalue weighted by Gasteiger charge is 2.15. The van der Waals surface area contributed by atoms with E-state index in [2.05, 4.69) is 24.8 Å². The first-order chi connectivity index (χ1) is 13.1. The van der Waals surface area contributed by atoms with E-state index in [1.165, 1.54) is 0 Å². The summed E-state index contributed by atoms with van der Waals surface area (Å²) in [6, 6.07) is 12.7. The Morgan fingerprint density at radius 1 is 1.00 bits per heavy atom. The number of phenols is 1. The molecule has 2 aliphatic rings. The van der Waals surface area contributed by atoms with Gasteiger partial charge in [0, 0.05) is 41.7 Å². The number of benzene rings is 3. The van der Waals surface area contributed by atoms with Crippen LogP contribution in [0, 0.1) is 5.41 Å². The van der Waals surface area contributed by atoms with Crippen LogP contribution in [0.1, 0.15) is 27.7 Å². The van der Waals surface area contributed by atoms with E-state index < -0.39 is 0 Å². The molecule has 5 heteroatoms. The minimum Gasteiger partial charge on any atom is -0.508 e. The van der Waals surface area contributed by atoms with Crippen molar-refractivity contribution in [2.45, 2.75) is 27.7 Å². The number of fused-ring (bicyclic) bond motifs is 4. The van der Waals surface area contributed by atoms with Gasteiger partial charge in [0.2, 0.25) is 0 Å². The fourth-order valence-corrected chi connectivity index (χ4v) is 3.27. The number of anilines is 1. The highest BCUT2D eigenvalue weighted by Crippen LogP contribution is 2.32. The molecular weight excluding hydrogens is 338 g/mol. The standard InChI is InChI=1S/C20H19N3O2.C2H6/c1-3-23(4-2)12-5-8-17-18(9-12)25-19-11-16(21)15-10-13(24)6-7-14(15)20(19)22-17;1-2/h5-11,21,24H,3-4H2,1-2H3;1-2H3. The lowest BCUT2D eigenvalue weighted by molar-refractivity contribution is 0.476. The van der Waals surface area contributed by atoms with Crippen molar-refractivity contribution in [3.63, 3.8) is 0 Å². The third-order valence-electron chi connectivity index (χ3n) is 4.58. The molecule has 0 atom stereocenters. The van der Waals surface area contributed by atoms with Crippen molar-refractivity contribution >= 4 is 27.6 Å². The second-order valence-electron chi connectivity index (χ2n) is 6.04. The summed E-state index contributed by atoms with van der Waals surface area (Å²) in [5.74, 6) is 0.717. The predicted octanol–water partition coefficient (Wildman–Crippen LogP) is 5.14. The van der Waals surface area contributed by atoms with Crippen LogP contribution in [0.25, 0.3) is 33.3 Å². The predicted molar refractivity (Wildman–Crippen MR) is 111 cm³/mol. The average Bonchev–Trinajstić information content (AvgIpc) is 2.69. The molecule has 2 N–H and O–H groups in total. The van der Waals surface area contributed by atoms with E-state index in [0.29, 0.717) is 27.8 Å². The van der Waals surface area contributed by atoms with Crippen LogP contribution in [0.4, 0.5) is 5.69 Å².